The quantitative estimate of drug-likeness (QED) is 0.627. The first-order valence-corrected chi connectivity index (χ1v) is 10.5. The topological polar surface area (TPSA) is 54.5 Å². The van der Waals surface area contributed by atoms with Gasteiger partial charge in [0.25, 0.3) is 0 Å². The summed E-state index contributed by atoms with van der Waals surface area (Å²) in [5.41, 5.74) is 3.37. The number of aromatic nitrogens is 2. The van der Waals surface area contributed by atoms with Crippen LogP contribution in [-0.2, 0) is 0 Å². The zero-order chi connectivity index (χ0) is 18.8. The molecule has 0 unspecified atom stereocenters. The number of aliphatic imine (C=N–C) groups is 1. The lowest BCUT2D eigenvalue weighted by Crippen LogP contribution is -2.35. The Kier molecular flexibility index (Phi) is 4.81. The van der Waals surface area contributed by atoms with Crippen LogP contribution in [-0.4, -0.2) is 34.8 Å². The fraction of sp³-hybridized carbons (Fsp3) is 0.435. The Morgan fingerprint density at radius 1 is 1.04 bits per heavy atom. The summed E-state index contributed by atoms with van der Waals surface area (Å²) in [6.07, 6.45) is 12.0. The Hall–Kier alpha value is -2.69. The van der Waals surface area contributed by atoms with Gasteiger partial charge in [0.1, 0.15) is 12.1 Å². The van der Waals surface area contributed by atoms with E-state index in [9.17, 15) is 0 Å². The van der Waals surface area contributed by atoms with E-state index in [1.165, 1.54) is 37.8 Å². The van der Waals surface area contributed by atoms with E-state index in [4.69, 9.17) is 14.4 Å². The van der Waals surface area contributed by atoms with Crippen molar-refractivity contribution in [1.82, 2.24) is 9.97 Å². The van der Waals surface area contributed by atoms with Crippen LogP contribution in [0.25, 0.3) is 22.4 Å². The third-order valence-electron chi connectivity index (χ3n) is 5.95. The van der Waals surface area contributed by atoms with Gasteiger partial charge in [0, 0.05) is 43.1 Å². The van der Waals surface area contributed by atoms with Gasteiger partial charge < -0.3 is 9.32 Å². The van der Waals surface area contributed by atoms with Crippen LogP contribution in [0.2, 0.25) is 0 Å². The van der Waals surface area contributed by atoms with Crippen molar-refractivity contribution >= 4 is 22.4 Å². The molecule has 5 heteroatoms. The van der Waals surface area contributed by atoms with Gasteiger partial charge in [0.15, 0.2) is 0 Å². The minimum atomic E-state index is 0.567. The molecule has 1 aliphatic carbocycles. The van der Waals surface area contributed by atoms with Crippen molar-refractivity contribution < 1.29 is 4.42 Å². The predicted octanol–water partition coefficient (Wildman–Crippen LogP) is 5.26. The van der Waals surface area contributed by atoms with E-state index < -0.39 is 0 Å². The monoisotopic (exact) mass is 374 g/mol. The summed E-state index contributed by atoms with van der Waals surface area (Å²) in [6.45, 7) is 1.90. The average molecular weight is 374 g/mol. The van der Waals surface area contributed by atoms with Crippen molar-refractivity contribution in [3.63, 3.8) is 0 Å². The maximum absolute atomic E-state index is 5.62. The van der Waals surface area contributed by atoms with Crippen LogP contribution < -0.4 is 4.90 Å². The molecule has 2 aliphatic rings. The largest absolute Gasteiger partial charge is 0.444 e. The van der Waals surface area contributed by atoms with Crippen LogP contribution in [0.4, 0.5) is 5.82 Å². The molecule has 0 radical (unpaired) electrons. The summed E-state index contributed by atoms with van der Waals surface area (Å²) in [5, 5.41) is 1.11. The predicted molar refractivity (Wildman–Crippen MR) is 113 cm³/mol. The van der Waals surface area contributed by atoms with E-state index >= 15 is 0 Å². The number of hydrogen-bond acceptors (Lipinski definition) is 5. The minimum absolute atomic E-state index is 0.567. The summed E-state index contributed by atoms with van der Waals surface area (Å²) in [7, 11) is 0. The van der Waals surface area contributed by atoms with Gasteiger partial charge in [-0.3, -0.25) is 4.99 Å². The normalized spacial score (nSPS) is 18.6. The molecular weight excluding hydrogens is 348 g/mol. The van der Waals surface area contributed by atoms with Crippen molar-refractivity contribution in [2.75, 3.05) is 18.0 Å². The molecule has 0 N–H and O–H groups in total. The Balaban J connectivity index is 1.41. The Bertz CT molecular complexity index is 963. The molecule has 0 bridgehead atoms. The van der Waals surface area contributed by atoms with E-state index in [0.29, 0.717) is 11.9 Å². The number of piperidine rings is 1. The van der Waals surface area contributed by atoms with Gasteiger partial charge in [-0.15, -0.1) is 0 Å². The molecule has 5 nitrogen and oxygen atoms in total. The smallest absolute Gasteiger partial charge is 0.229 e. The number of pyridine rings is 1. The number of nitrogens with zero attached hydrogens (tertiary/aromatic N) is 4. The molecule has 3 aromatic rings. The molecule has 1 saturated carbocycles. The van der Waals surface area contributed by atoms with Crippen LogP contribution in [0.5, 0.6) is 0 Å². The zero-order valence-corrected chi connectivity index (χ0v) is 16.2. The second-order valence-corrected chi connectivity index (χ2v) is 7.86. The highest BCUT2D eigenvalue weighted by molar-refractivity contribution is 5.90. The van der Waals surface area contributed by atoms with Crippen LogP contribution in [0.1, 0.15) is 44.9 Å². The summed E-state index contributed by atoms with van der Waals surface area (Å²) < 4.78 is 5.62. The lowest BCUT2D eigenvalue weighted by Gasteiger charge is -2.31. The average Bonchev–Trinajstić information content (AvgIpc) is 3.29. The van der Waals surface area contributed by atoms with Crippen LogP contribution in [0.3, 0.4) is 0 Å². The molecule has 1 saturated heterocycles. The SMILES string of the molecule is c1ccc2nc(N3CCC(=NC4CCCCC4)CC3)c(-c3ncco3)cc2c1. The molecule has 0 atom stereocenters. The van der Waals surface area contributed by atoms with Crippen molar-refractivity contribution in [1.29, 1.82) is 0 Å². The molecule has 144 valence electrons. The van der Waals surface area contributed by atoms with E-state index in [1.807, 2.05) is 12.1 Å². The Labute approximate surface area is 165 Å². The molecule has 0 spiro atoms. The molecule has 1 aromatic carbocycles. The lowest BCUT2D eigenvalue weighted by molar-refractivity contribution is 0.441. The second kappa shape index (κ2) is 7.74. The summed E-state index contributed by atoms with van der Waals surface area (Å²) >= 11 is 0. The number of rotatable bonds is 3. The third kappa shape index (κ3) is 3.53. The first-order chi connectivity index (χ1) is 13.9. The third-order valence-corrected chi connectivity index (χ3v) is 5.95. The number of hydrogen-bond donors (Lipinski definition) is 0. The summed E-state index contributed by atoms with van der Waals surface area (Å²) in [5.74, 6) is 1.60. The molecule has 1 aliphatic heterocycles. The minimum Gasteiger partial charge on any atom is -0.444 e. The maximum atomic E-state index is 5.62. The first kappa shape index (κ1) is 17.4. The first-order valence-electron chi connectivity index (χ1n) is 10.5. The van der Waals surface area contributed by atoms with Crippen LogP contribution >= 0.6 is 0 Å². The molecule has 28 heavy (non-hydrogen) atoms. The number of anilines is 1. The van der Waals surface area contributed by atoms with Gasteiger partial charge in [-0.05, 0) is 25.0 Å². The highest BCUT2D eigenvalue weighted by Crippen LogP contribution is 2.33. The Morgan fingerprint density at radius 3 is 2.64 bits per heavy atom. The van der Waals surface area contributed by atoms with E-state index in [0.717, 1.165) is 48.2 Å². The van der Waals surface area contributed by atoms with Crippen molar-refractivity contribution in [3.8, 4) is 11.5 Å². The summed E-state index contributed by atoms with van der Waals surface area (Å²) in [4.78, 5) is 16.8. The fourth-order valence-electron chi connectivity index (χ4n) is 4.43. The second-order valence-electron chi connectivity index (χ2n) is 7.86. The number of fused-ring (bicyclic) bond motifs is 1. The van der Waals surface area contributed by atoms with Gasteiger partial charge in [-0.25, -0.2) is 9.97 Å². The number of oxazole rings is 1. The number of benzene rings is 1. The van der Waals surface area contributed by atoms with E-state index in [2.05, 4.69) is 28.1 Å². The zero-order valence-electron chi connectivity index (χ0n) is 16.2. The van der Waals surface area contributed by atoms with Crippen molar-refractivity contribution in [3.05, 3.63) is 42.8 Å². The van der Waals surface area contributed by atoms with Crippen molar-refractivity contribution in [2.24, 2.45) is 4.99 Å². The molecule has 2 aromatic heterocycles. The number of para-hydroxylation sites is 1. The van der Waals surface area contributed by atoms with Crippen molar-refractivity contribution in [2.45, 2.75) is 51.0 Å². The molecule has 5 rings (SSSR count). The lowest BCUT2D eigenvalue weighted by atomic mass is 9.95. The van der Waals surface area contributed by atoms with E-state index in [1.54, 1.807) is 12.5 Å². The van der Waals surface area contributed by atoms with Crippen LogP contribution in [0.15, 0.2) is 52.2 Å². The van der Waals surface area contributed by atoms with E-state index in [-0.39, 0.29) is 0 Å². The molecule has 0 amide bonds. The van der Waals surface area contributed by atoms with Crippen LogP contribution in [0, 0.1) is 0 Å². The Morgan fingerprint density at radius 2 is 1.86 bits per heavy atom. The highest BCUT2D eigenvalue weighted by Gasteiger charge is 2.23. The molecule has 3 heterocycles. The summed E-state index contributed by atoms with van der Waals surface area (Å²) in [6, 6.07) is 10.9. The molecule has 2 fully saturated rings. The van der Waals surface area contributed by atoms with Gasteiger partial charge >= 0.3 is 0 Å². The maximum Gasteiger partial charge on any atom is 0.229 e. The molecular formula is C23H26N4O. The highest BCUT2D eigenvalue weighted by atomic mass is 16.3. The standard InChI is InChI=1S/C23H26N4O/c1-2-7-18(8-3-1)25-19-10-13-27(14-11-19)22-20(23-24-12-15-28-23)16-17-6-4-5-9-21(17)26-22/h4-6,9,12,15-16,18H,1-3,7-8,10-11,13-14H2. The van der Waals surface area contributed by atoms with Gasteiger partial charge in [-0.2, -0.15) is 0 Å². The van der Waals surface area contributed by atoms with Gasteiger partial charge in [-0.1, -0.05) is 37.5 Å². The van der Waals surface area contributed by atoms with Gasteiger partial charge in [0.05, 0.1) is 17.3 Å². The fourth-order valence-corrected chi connectivity index (χ4v) is 4.43. The van der Waals surface area contributed by atoms with Gasteiger partial charge in [0.2, 0.25) is 5.89 Å².